The van der Waals surface area contributed by atoms with Crippen LogP contribution in [0.3, 0.4) is 0 Å². The van der Waals surface area contributed by atoms with Crippen molar-refractivity contribution in [3.05, 3.63) is 0 Å². The number of nitrogens with zero attached hydrogens (tertiary/aromatic N) is 2. The van der Waals surface area contributed by atoms with Crippen molar-refractivity contribution < 1.29 is 0 Å². The van der Waals surface area contributed by atoms with Gasteiger partial charge in [-0.3, -0.25) is 9.80 Å². The second kappa shape index (κ2) is 6.46. The molecule has 1 saturated heterocycles. The highest BCUT2D eigenvalue weighted by Gasteiger charge is 2.22. The van der Waals surface area contributed by atoms with Crippen molar-refractivity contribution in [2.45, 2.75) is 45.7 Å². The lowest BCUT2D eigenvalue weighted by molar-refractivity contribution is 0.0755. The maximum Gasteiger partial charge on any atom is 0.0113 e. The van der Waals surface area contributed by atoms with Gasteiger partial charge in [-0.1, -0.05) is 6.92 Å². The van der Waals surface area contributed by atoms with Crippen LogP contribution in [0.1, 0.15) is 33.6 Å². The highest BCUT2D eigenvalue weighted by Crippen LogP contribution is 2.12. The monoisotopic (exact) mass is 213 g/mol. The first kappa shape index (κ1) is 12.9. The molecule has 1 aliphatic rings. The van der Waals surface area contributed by atoms with E-state index in [9.17, 15) is 0 Å². The van der Waals surface area contributed by atoms with Crippen molar-refractivity contribution in [3.8, 4) is 0 Å². The predicted octanol–water partition coefficient (Wildman–Crippen LogP) is 1.14. The largest absolute Gasteiger partial charge is 0.330 e. The van der Waals surface area contributed by atoms with Gasteiger partial charge < -0.3 is 5.73 Å². The zero-order valence-corrected chi connectivity index (χ0v) is 10.6. The van der Waals surface area contributed by atoms with Gasteiger partial charge in [0.05, 0.1) is 0 Å². The molecule has 90 valence electrons. The van der Waals surface area contributed by atoms with Crippen molar-refractivity contribution in [2.75, 3.05) is 32.7 Å². The fourth-order valence-corrected chi connectivity index (χ4v) is 2.30. The molecule has 0 aromatic heterocycles. The minimum absolute atomic E-state index is 0.661. The number of nitrogens with two attached hydrogens (primary N) is 1. The molecule has 0 aliphatic carbocycles. The number of piperazine rings is 1. The molecule has 0 aromatic carbocycles. The molecule has 2 unspecified atom stereocenters. The average Bonchev–Trinajstić information content (AvgIpc) is 2.28. The molecule has 0 bridgehead atoms. The van der Waals surface area contributed by atoms with E-state index in [2.05, 4.69) is 30.6 Å². The third-order valence-corrected chi connectivity index (χ3v) is 3.77. The van der Waals surface area contributed by atoms with Gasteiger partial charge in [0.25, 0.3) is 0 Å². The molecule has 1 rings (SSSR count). The molecular weight excluding hydrogens is 186 g/mol. The van der Waals surface area contributed by atoms with E-state index in [1.54, 1.807) is 0 Å². The van der Waals surface area contributed by atoms with Gasteiger partial charge in [-0.15, -0.1) is 0 Å². The Hall–Kier alpha value is -0.120. The fraction of sp³-hybridized carbons (Fsp3) is 1.00. The molecule has 3 heteroatoms. The lowest BCUT2D eigenvalue weighted by atomic mass is 10.1. The van der Waals surface area contributed by atoms with E-state index < -0.39 is 0 Å². The van der Waals surface area contributed by atoms with E-state index >= 15 is 0 Å². The highest BCUT2D eigenvalue weighted by atomic mass is 15.3. The molecule has 0 radical (unpaired) electrons. The Balaban J connectivity index is 2.29. The smallest absolute Gasteiger partial charge is 0.0113 e. The van der Waals surface area contributed by atoms with Gasteiger partial charge in [-0.25, -0.2) is 0 Å². The lowest BCUT2D eigenvalue weighted by Gasteiger charge is -2.40. The van der Waals surface area contributed by atoms with Crippen LogP contribution < -0.4 is 5.73 Å². The fourth-order valence-electron chi connectivity index (χ4n) is 2.30. The second-order valence-electron chi connectivity index (χ2n) is 4.76. The summed E-state index contributed by atoms with van der Waals surface area (Å²) in [6, 6.07) is 1.41. The molecule has 0 saturated carbocycles. The minimum Gasteiger partial charge on any atom is -0.330 e. The molecule has 0 amide bonds. The summed E-state index contributed by atoms with van der Waals surface area (Å²) in [5.41, 5.74) is 5.60. The molecule has 15 heavy (non-hydrogen) atoms. The third kappa shape index (κ3) is 3.74. The summed E-state index contributed by atoms with van der Waals surface area (Å²) in [5, 5.41) is 0. The van der Waals surface area contributed by atoms with Crippen LogP contribution in [0.2, 0.25) is 0 Å². The minimum atomic E-state index is 0.661. The molecule has 3 nitrogen and oxygen atoms in total. The Bertz CT molecular complexity index is 164. The molecule has 2 atom stereocenters. The van der Waals surface area contributed by atoms with Crippen molar-refractivity contribution in [1.82, 2.24) is 9.80 Å². The van der Waals surface area contributed by atoms with Crippen LogP contribution >= 0.6 is 0 Å². The van der Waals surface area contributed by atoms with Gasteiger partial charge in [0.2, 0.25) is 0 Å². The normalized spacial score (nSPS) is 24.0. The van der Waals surface area contributed by atoms with E-state index in [0.29, 0.717) is 6.04 Å². The van der Waals surface area contributed by atoms with E-state index in [-0.39, 0.29) is 0 Å². The maximum absolute atomic E-state index is 5.60. The zero-order valence-electron chi connectivity index (χ0n) is 10.6. The van der Waals surface area contributed by atoms with E-state index in [0.717, 1.165) is 19.0 Å². The standard InChI is InChI=1S/C12H27N3/c1-4-11(2)14-7-9-15(10-8-14)12(3)5-6-13/h11-12H,4-10,13H2,1-3H3. The van der Waals surface area contributed by atoms with E-state index in [1.807, 2.05) is 0 Å². The SMILES string of the molecule is CCC(C)N1CCN(C(C)CCN)CC1. The second-order valence-corrected chi connectivity index (χ2v) is 4.76. The van der Waals surface area contributed by atoms with Crippen molar-refractivity contribution in [1.29, 1.82) is 0 Å². The first-order chi connectivity index (χ1) is 7.19. The Morgan fingerprint density at radius 1 is 1.00 bits per heavy atom. The van der Waals surface area contributed by atoms with Gasteiger partial charge in [-0.2, -0.15) is 0 Å². The van der Waals surface area contributed by atoms with Gasteiger partial charge >= 0.3 is 0 Å². The Kier molecular flexibility index (Phi) is 5.58. The summed E-state index contributed by atoms with van der Waals surface area (Å²) in [5.74, 6) is 0. The van der Waals surface area contributed by atoms with Gasteiger partial charge in [0, 0.05) is 38.3 Å². The third-order valence-electron chi connectivity index (χ3n) is 3.77. The molecule has 1 aliphatic heterocycles. The summed E-state index contributed by atoms with van der Waals surface area (Å²) in [7, 11) is 0. The van der Waals surface area contributed by atoms with Gasteiger partial charge in [0.1, 0.15) is 0 Å². The Labute approximate surface area is 94.6 Å². The number of hydrogen-bond donors (Lipinski definition) is 1. The summed E-state index contributed by atoms with van der Waals surface area (Å²) >= 11 is 0. The Morgan fingerprint density at radius 3 is 1.87 bits per heavy atom. The molecule has 0 aromatic rings. The van der Waals surface area contributed by atoms with Crippen LogP contribution in [0.4, 0.5) is 0 Å². The van der Waals surface area contributed by atoms with E-state index in [1.165, 1.54) is 32.6 Å². The molecular formula is C12H27N3. The van der Waals surface area contributed by atoms with Crippen molar-refractivity contribution in [3.63, 3.8) is 0 Å². The van der Waals surface area contributed by atoms with Gasteiger partial charge in [-0.05, 0) is 33.2 Å². The summed E-state index contributed by atoms with van der Waals surface area (Å²) in [4.78, 5) is 5.18. The summed E-state index contributed by atoms with van der Waals surface area (Å²) in [6.07, 6.45) is 2.39. The van der Waals surface area contributed by atoms with Gasteiger partial charge in [0.15, 0.2) is 0 Å². The first-order valence-electron chi connectivity index (χ1n) is 6.37. The first-order valence-corrected chi connectivity index (χ1v) is 6.37. The summed E-state index contributed by atoms with van der Waals surface area (Å²) in [6.45, 7) is 12.6. The quantitative estimate of drug-likeness (QED) is 0.743. The predicted molar refractivity (Wildman–Crippen MR) is 66.0 cm³/mol. The van der Waals surface area contributed by atoms with Crippen LogP contribution in [-0.4, -0.2) is 54.6 Å². The maximum atomic E-state index is 5.60. The van der Waals surface area contributed by atoms with Crippen LogP contribution in [0.5, 0.6) is 0 Å². The molecule has 1 fully saturated rings. The van der Waals surface area contributed by atoms with Crippen molar-refractivity contribution in [2.24, 2.45) is 5.73 Å². The average molecular weight is 213 g/mol. The van der Waals surface area contributed by atoms with Crippen LogP contribution in [-0.2, 0) is 0 Å². The van der Waals surface area contributed by atoms with Crippen LogP contribution in [0.15, 0.2) is 0 Å². The highest BCUT2D eigenvalue weighted by molar-refractivity contribution is 4.78. The number of rotatable bonds is 5. The Morgan fingerprint density at radius 2 is 1.47 bits per heavy atom. The lowest BCUT2D eigenvalue weighted by Crippen LogP contribution is -2.52. The zero-order chi connectivity index (χ0) is 11.3. The molecule has 1 heterocycles. The van der Waals surface area contributed by atoms with Crippen molar-refractivity contribution >= 4 is 0 Å². The summed E-state index contributed by atoms with van der Waals surface area (Å²) < 4.78 is 0. The molecule has 0 spiro atoms. The van der Waals surface area contributed by atoms with Crippen LogP contribution in [0.25, 0.3) is 0 Å². The van der Waals surface area contributed by atoms with Crippen LogP contribution in [0, 0.1) is 0 Å². The topological polar surface area (TPSA) is 32.5 Å². The molecule has 2 N–H and O–H groups in total. The van der Waals surface area contributed by atoms with E-state index in [4.69, 9.17) is 5.73 Å². The number of hydrogen-bond acceptors (Lipinski definition) is 3.